The number of piperidine rings is 1. The SMILES string of the molecule is Cc1ccoc1C(=O)N1CCC(C(=O)c2ccccc2)CC1. The number of Topliss-reactive ketones (excluding diaryl/α,β-unsaturated/α-hetero) is 1. The Morgan fingerprint density at radius 1 is 1.09 bits per heavy atom. The Morgan fingerprint density at radius 2 is 1.77 bits per heavy atom. The van der Waals surface area contributed by atoms with Crippen molar-refractivity contribution in [1.29, 1.82) is 0 Å². The molecule has 1 aliphatic heterocycles. The van der Waals surface area contributed by atoms with Gasteiger partial charge in [0.25, 0.3) is 5.91 Å². The van der Waals surface area contributed by atoms with Crippen LogP contribution in [0.1, 0.15) is 39.3 Å². The van der Waals surface area contributed by atoms with Crippen LogP contribution < -0.4 is 0 Å². The molecule has 22 heavy (non-hydrogen) atoms. The van der Waals surface area contributed by atoms with Crippen molar-refractivity contribution in [3.63, 3.8) is 0 Å². The van der Waals surface area contributed by atoms with Gasteiger partial charge in [-0.1, -0.05) is 30.3 Å². The Labute approximate surface area is 129 Å². The van der Waals surface area contributed by atoms with Gasteiger partial charge in [0.15, 0.2) is 11.5 Å². The molecule has 0 bridgehead atoms. The fraction of sp³-hybridized carbons (Fsp3) is 0.333. The molecule has 1 aromatic heterocycles. The molecule has 114 valence electrons. The molecule has 0 radical (unpaired) electrons. The summed E-state index contributed by atoms with van der Waals surface area (Å²) in [6.07, 6.45) is 2.95. The monoisotopic (exact) mass is 297 g/mol. The molecular weight excluding hydrogens is 278 g/mol. The summed E-state index contributed by atoms with van der Waals surface area (Å²) in [5, 5.41) is 0. The number of hydrogen-bond acceptors (Lipinski definition) is 3. The zero-order chi connectivity index (χ0) is 15.5. The van der Waals surface area contributed by atoms with Crippen LogP contribution in [0.5, 0.6) is 0 Å². The smallest absolute Gasteiger partial charge is 0.289 e. The number of hydrogen-bond donors (Lipinski definition) is 0. The van der Waals surface area contributed by atoms with Crippen LogP contribution in [0.3, 0.4) is 0 Å². The molecule has 0 saturated carbocycles. The van der Waals surface area contributed by atoms with Crippen LogP contribution in [0.4, 0.5) is 0 Å². The van der Waals surface area contributed by atoms with E-state index in [1.807, 2.05) is 37.3 Å². The molecule has 4 heteroatoms. The van der Waals surface area contributed by atoms with Gasteiger partial charge in [-0.05, 0) is 25.8 Å². The lowest BCUT2D eigenvalue weighted by Crippen LogP contribution is -2.40. The summed E-state index contributed by atoms with van der Waals surface area (Å²) in [4.78, 5) is 26.6. The van der Waals surface area contributed by atoms with E-state index in [0.717, 1.165) is 11.1 Å². The van der Waals surface area contributed by atoms with Gasteiger partial charge in [-0.25, -0.2) is 0 Å². The van der Waals surface area contributed by atoms with E-state index >= 15 is 0 Å². The van der Waals surface area contributed by atoms with Crippen LogP contribution in [0.15, 0.2) is 47.1 Å². The molecule has 1 fully saturated rings. The Hall–Kier alpha value is -2.36. The topological polar surface area (TPSA) is 50.5 Å². The third-order valence-corrected chi connectivity index (χ3v) is 4.27. The molecule has 2 aromatic rings. The highest BCUT2D eigenvalue weighted by Crippen LogP contribution is 2.23. The van der Waals surface area contributed by atoms with Crippen molar-refractivity contribution < 1.29 is 14.0 Å². The van der Waals surface area contributed by atoms with Crippen LogP contribution in [-0.2, 0) is 0 Å². The van der Waals surface area contributed by atoms with Gasteiger partial charge >= 0.3 is 0 Å². The molecular formula is C18H19NO3. The van der Waals surface area contributed by atoms with Crippen molar-refractivity contribution in [3.8, 4) is 0 Å². The van der Waals surface area contributed by atoms with Crippen LogP contribution in [0, 0.1) is 12.8 Å². The molecule has 1 amide bonds. The highest BCUT2D eigenvalue weighted by Gasteiger charge is 2.29. The number of furan rings is 1. The number of benzene rings is 1. The summed E-state index contributed by atoms with van der Waals surface area (Å²) in [6, 6.07) is 11.2. The number of rotatable bonds is 3. The maximum absolute atomic E-state index is 12.4. The van der Waals surface area contributed by atoms with Gasteiger partial charge < -0.3 is 9.32 Å². The van der Waals surface area contributed by atoms with Gasteiger partial charge in [0.05, 0.1) is 6.26 Å². The van der Waals surface area contributed by atoms with Crippen molar-refractivity contribution >= 4 is 11.7 Å². The van der Waals surface area contributed by atoms with Gasteiger partial charge in [-0.15, -0.1) is 0 Å². The van der Waals surface area contributed by atoms with Crippen LogP contribution >= 0.6 is 0 Å². The van der Waals surface area contributed by atoms with Crippen molar-refractivity contribution in [2.24, 2.45) is 5.92 Å². The van der Waals surface area contributed by atoms with Crippen LogP contribution in [0.25, 0.3) is 0 Å². The molecule has 0 aliphatic carbocycles. The zero-order valence-corrected chi connectivity index (χ0v) is 12.6. The minimum absolute atomic E-state index is 0.00384. The van der Waals surface area contributed by atoms with Crippen molar-refractivity contribution in [2.75, 3.05) is 13.1 Å². The average molecular weight is 297 g/mol. The summed E-state index contributed by atoms with van der Waals surface area (Å²) in [7, 11) is 0. The molecule has 0 spiro atoms. The minimum Gasteiger partial charge on any atom is -0.459 e. The number of nitrogens with zero attached hydrogens (tertiary/aromatic N) is 1. The summed E-state index contributed by atoms with van der Waals surface area (Å²) in [6.45, 7) is 3.06. The fourth-order valence-corrected chi connectivity index (χ4v) is 2.92. The standard InChI is InChI=1S/C18H19NO3/c1-13-9-12-22-17(13)18(21)19-10-7-15(8-11-19)16(20)14-5-3-2-4-6-14/h2-6,9,12,15H,7-8,10-11H2,1H3. The lowest BCUT2D eigenvalue weighted by molar-refractivity contribution is 0.0623. The Balaban J connectivity index is 1.62. The average Bonchev–Trinajstić information content (AvgIpc) is 3.00. The molecule has 1 aliphatic rings. The Kier molecular flexibility index (Phi) is 4.09. The quantitative estimate of drug-likeness (QED) is 0.817. The first-order valence-corrected chi connectivity index (χ1v) is 7.59. The van der Waals surface area contributed by atoms with E-state index < -0.39 is 0 Å². The third kappa shape index (κ3) is 2.82. The second kappa shape index (κ2) is 6.18. The number of amides is 1. The molecule has 1 aromatic carbocycles. The van der Waals surface area contributed by atoms with E-state index in [9.17, 15) is 9.59 Å². The van der Waals surface area contributed by atoms with Crippen molar-refractivity contribution in [3.05, 3.63) is 59.5 Å². The number of ketones is 1. The van der Waals surface area contributed by atoms with Gasteiger partial charge in [0, 0.05) is 30.1 Å². The normalized spacial score (nSPS) is 15.8. The van der Waals surface area contributed by atoms with E-state index in [1.165, 1.54) is 6.26 Å². The van der Waals surface area contributed by atoms with Gasteiger partial charge in [0.1, 0.15) is 0 Å². The molecule has 0 N–H and O–H groups in total. The number of likely N-dealkylation sites (tertiary alicyclic amines) is 1. The molecule has 0 atom stereocenters. The molecule has 2 heterocycles. The second-order valence-electron chi connectivity index (χ2n) is 5.73. The lowest BCUT2D eigenvalue weighted by Gasteiger charge is -2.31. The zero-order valence-electron chi connectivity index (χ0n) is 12.6. The predicted octanol–water partition coefficient (Wildman–Crippen LogP) is 3.32. The third-order valence-electron chi connectivity index (χ3n) is 4.27. The van der Waals surface area contributed by atoms with Crippen molar-refractivity contribution in [1.82, 2.24) is 4.90 Å². The fourth-order valence-electron chi connectivity index (χ4n) is 2.92. The Bertz CT molecular complexity index is 667. The minimum atomic E-state index is -0.0758. The van der Waals surface area contributed by atoms with Gasteiger partial charge in [-0.2, -0.15) is 0 Å². The first-order valence-electron chi connectivity index (χ1n) is 7.59. The second-order valence-corrected chi connectivity index (χ2v) is 5.73. The first-order chi connectivity index (χ1) is 10.7. The van der Waals surface area contributed by atoms with Crippen LogP contribution in [0.2, 0.25) is 0 Å². The molecule has 1 saturated heterocycles. The predicted molar refractivity (Wildman–Crippen MR) is 82.8 cm³/mol. The largest absolute Gasteiger partial charge is 0.459 e. The summed E-state index contributed by atoms with van der Waals surface area (Å²) < 4.78 is 5.26. The van der Waals surface area contributed by atoms with E-state index in [1.54, 1.807) is 11.0 Å². The number of aryl methyl sites for hydroxylation is 1. The van der Waals surface area contributed by atoms with Crippen molar-refractivity contribution in [2.45, 2.75) is 19.8 Å². The van der Waals surface area contributed by atoms with E-state index in [-0.39, 0.29) is 17.6 Å². The highest BCUT2D eigenvalue weighted by molar-refractivity contribution is 5.98. The van der Waals surface area contributed by atoms with Gasteiger partial charge in [0.2, 0.25) is 0 Å². The van der Waals surface area contributed by atoms with E-state index in [2.05, 4.69) is 0 Å². The highest BCUT2D eigenvalue weighted by atomic mass is 16.3. The van der Waals surface area contributed by atoms with Gasteiger partial charge in [-0.3, -0.25) is 9.59 Å². The number of carbonyl (C=O) groups excluding carboxylic acids is 2. The molecule has 0 unspecified atom stereocenters. The Morgan fingerprint density at radius 3 is 2.36 bits per heavy atom. The maximum atomic E-state index is 12.4. The maximum Gasteiger partial charge on any atom is 0.289 e. The first kappa shape index (κ1) is 14.6. The molecule has 3 rings (SSSR count). The van der Waals surface area contributed by atoms with E-state index in [4.69, 9.17) is 4.42 Å². The summed E-state index contributed by atoms with van der Waals surface area (Å²) in [5.41, 5.74) is 1.61. The van der Waals surface area contributed by atoms with Crippen LogP contribution in [-0.4, -0.2) is 29.7 Å². The summed E-state index contributed by atoms with van der Waals surface area (Å²) >= 11 is 0. The van der Waals surface area contributed by atoms with E-state index in [0.29, 0.717) is 31.7 Å². The summed E-state index contributed by atoms with van der Waals surface area (Å²) in [5.74, 6) is 0.520. The number of carbonyl (C=O) groups is 2. The molecule has 4 nitrogen and oxygen atoms in total. The lowest BCUT2D eigenvalue weighted by atomic mass is 9.89.